The standard InChI is InChI=1S/C58H63F4N13O6/c1-31(2)51(56(78)74-18-4-5-48(74)55(77)70-47(29-76)36-12-10-34(11-13-36)45-26-66-16-17-67-45)69-27-46(73-65)35-8-6-33(7-9-35)30-80-53-50(49-32(3)43(59)23-44(64)41(49)24-63)42(58(60,61)62)22-40-52(53)71-57(81-39-14-19-79-20-15-39)72-54(40)75-28-37-21-38(75)25-68-37/h6-13,16-17,22-24,26-27,31,37-39,47-48,51,63,68,76H,4-5,14-15,18-21,25,28-30,64-65H2,1-3H3,(H,70,77)/b63-24?,69-27?,73-46+/t37?,38-,47-,48?,51-/m0/s1. The summed E-state index contributed by atoms with van der Waals surface area (Å²) in [5.74, 6) is 3.86. The first-order valence-corrected chi connectivity index (χ1v) is 27.0. The highest BCUT2D eigenvalue weighted by Crippen LogP contribution is 2.51. The van der Waals surface area contributed by atoms with Gasteiger partial charge in [0.1, 0.15) is 47.7 Å². The summed E-state index contributed by atoms with van der Waals surface area (Å²) in [4.78, 5) is 54.4. The highest BCUT2D eigenvalue weighted by Gasteiger charge is 2.43. The van der Waals surface area contributed by atoms with Gasteiger partial charge >= 0.3 is 12.2 Å². The summed E-state index contributed by atoms with van der Waals surface area (Å²) >= 11 is 0. The normalized spacial score (nSPS) is 19.4. The van der Waals surface area contributed by atoms with E-state index in [0.717, 1.165) is 30.3 Å². The van der Waals surface area contributed by atoms with Crippen LogP contribution in [0.2, 0.25) is 0 Å². The molecule has 5 atom stereocenters. The maximum absolute atomic E-state index is 15.8. The summed E-state index contributed by atoms with van der Waals surface area (Å²) in [6, 6.07) is 13.3. The van der Waals surface area contributed by atoms with Crippen molar-refractivity contribution in [2.45, 2.75) is 102 Å². The van der Waals surface area contributed by atoms with E-state index in [1.165, 1.54) is 18.0 Å². The Morgan fingerprint density at radius 1 is 1.05 bits per heavy atom. The Morgan fingerprint density at radius 2 is 1.81 bits per heavy atom. The molecule has 81 heavy (non-hydrogen) atoms. The summed E-state index contributed by atoms with van der Waals surface area (Å²) in [7, 11) is 0. The van der Waals surface area contributed by atoms with Crippen LogP contribution in [0.5, 0.6) is 11.8 Å². The van der Waals surface area contributed by atoms with Crippen LogP contribution < -0.4 is 36.6 Å². The fourth-order valence-corrected chi connectivity index (χ4v) is 11.2. The molecule has 6 heterocycles. The number of halogens is 4. The largest absolute Gasteiger partial charge is 0.486 e. The van der Waals surface area contributed by atoms with Crippen molar-refractivity contribution in [2.75, 3.05) is 50.1 Å². The number of aliphatic imine (C=N–C) groups is 1. The van der Waals surface area contributed by atoms with Crippen LogP contribution >= 0.6 is 0 Å². The number of nitrogen functional groups attached to an aromatic ring is 1. The number of alkyl halides is 3. The maximum atomic E-state index is 15.8. The SMILES string of the molecule is Cc1c(F)cc(N)c(C=N)c1-c1c(C(F)(F)F)cc2c(N3CC4C[C@H]3CN4)nc(OC3CCOCC3)nc2c1OCc1ccc(/C(C=N[C@H](C(=O)N2CCCC2C(=O)N[C@@H](CO)c2ccc(-c3cnccn3)cc2)C(C)C)=N/N)cc1. The van der Waals surface area contributed by atoms with Crippen molar-refractivity contribution in [3.63, 3.8) is 0 Å². The van der Waals surface area contributed by atoms with Crippen LogP contribution in [0.15, 0.2) is 89.3 Å². The van der Waals surface area contributed by atoms with Gasteiger partial charge in [0.05, 0.1) is 49.5 Å². The van der Waals surface area contributed by atoms with Crippen molar-refractivity contribution < 1.29 is 46.5 Å². The van der Waals surface area contributed by atoms with Crippen molar-refractivity contribution in [3.8, 4) is 34.1 Å². The van der Waals surface area contributed by atoms with Crippen LogP contribution in [0, 0.1) is 24.1 Å². The molecule has 4 fully saturated rings. The van der Waals surface area contributed by atoms with Crippen molar-refractivity contribution in [1.29, 1.82) is 5.41 Å². The van der Waals surface area contributed by atoms with Gasteiger partial charge in [-0.1, -0.05) is 62.4 Å². The van der Waals surface area contributed by atoms with E-state index in [1.54, 1.807) is 55.0 Å². The minimum Gasteiger partial charge on any atom is -0.486 e. The minimum absolute atomic E-state index is 0.0183. The number of piperazine rings is 1. The van der Waals surface area contributed by atoms with Crippen LogP contribution in [0.3, 0.4) is 0 Å². The van der Waals surface area contributed by atoms with Gasteiger partial charge in [0.2, 0.25) is 11.8 Å². The number of nitrogens with zero attached hydrogens (tertiary/aromatic N) is 8. The highest BCUT2D eigenvalue weighted by atomic mass is 19.4. The lowest BCUT2D eigenvalue weighted by Crippen LogP contribution is -2.50. The lowest BCUT2D eigenvalue weighted by Gasteiger charge is -2.31. The summed E-state index contributed by atoms with van der Waals surface area (Å²) in [5, 5.41) is 29.1. The number of likely N-dealkylation sites (tertiary alicyclic amines) is 1. The first-order chi connectivity index (χ1) is 39.0. The lowest BCUT2D eigenvalue weighted by molar-refractivity contribution is -0.140. The van der Waals surface area contributed by atoms with Crippen LogP contribution in [-0.2, 0) is 27.1 Å². The van der Waals surface area contributed by atoms with E-state index < -0.39 is 47.2 Å². The van der Waals surface area contributed by atoms with Crippen molar-refractivity contribution in [3.05, 3.63) is 118 Å². The summed E-state index contributed by atoms with van der Waals surface area (Å²) in [6.07, 6.45) is 4.43. The second-order valence-electron chi connectivity index (χ2n) is 21.0. The molecule has 0 aliphatic carbocycles. The van der Waals surface area contributed by atoms with Gasteiger partial charge in [0.25, 0.3) is 0 Å². The Balaban J connectivity index is 0.929. The third-order valence-corrected chi connectivity index (χ3v) is 15.5. The fourth-order valence-electron chi connectivity index (χ4n) is 11.2. The van der Waals surface area contributed by atoms with Gasteiger partial charge in [-0.2, -0.15) is 28.2 Å². The molecule has 10 rings (SSSR count). The monoisotopic (exact) mass is 1110 g/mol. The average Bonchev–Trinajstić information content (AvgIpc) is 4.40. The summed E-state index contributed by atoms with van der Waals surface area (Å²) < 4.78 is 81.8. The Bertz CT molecular complexity index is 3360. The highest BCUT2D eigenvalue weighted by molar-refractivity contribution is 6.38. The number of aliphatic hydroxyl groups is 1. The number of rotatable bonds is 18. The van der Waals surface area contributed by atoms with Gasteiger partial charge in [0, 0.05) is 102 Å². The molecule has 4 saturated heterocycles. The van der Waals surface area contributed by atoms with E-state index in [9.17, 15) is 14.7 Å². The van der Waals surface area contributed by atoms with E-state index in [2.05, 4.69) is 30.7 Å². The Hall–Kier alpha value is -8.15. The maximum Gasteiger partial charge on any atom is 0.417 e. The molecule has 0 spiro atoms. The summed E-state index contributed by atoms with van der Waals surface area (Å²) in [6.45, 7) is 6.56. The predicted molar refractivity (Wildman–Crippen MR) is 298 cm³/mol. The number of carbonyl (C=O) groups excluding carboxylic acids is 2. The number of aromatic nitrogens is 4. The fraction of sp³-hybridized carbons (Fsp3) is 0.397. The number of ether oxygens (including phenoxy) is 3. The molecule has 4 aromatic carbocycles. The minimum atomic E-state index is -5.04. The number of anilines is 2. The van der Waals surface area contributed by atoms with Gasteiger partial charge in [-0.05, 0) is 60.9 Å². The first-order valence-electron chi connectivity index (χ1n) is 27.0. The number of nitrogens with two attached hydrogens (primary N) is 2. The zero-order valence-electron chi connectivity index (χ0n) is 44.9. The van der Waals surface area contributed by atoms with Crippen LogP contribution in [-0.4, -0.2) is 130 Å². The van der Waals surface area contributed by atoms with E-state index in [-0.39, 0.29) is 99.8 Å². The van der Waals surface area contributed by atoms with Crippen molar-refractivity contribution in [2.24, 2.45) is 21.9 Å². The molecule has 2 unspecified atom stereocenters. The zero-order valence-corrected chi connectivity index (χ0v) is 44.9. The number of hydrazone groups is 1. The Morgan fingerprint density at radius 3 is 2.46 bits per heavy atom. The van der Waals surface area contributed by atoms with Gasteiger partial charge in [-0.3, -0.25) is 24.5 Å². The molecule has 2 amide bonds. The van der Waals surface area contributed by atoms with E-state index >= 15 is 17.6 Å². The first kappa shape index (κ1) is 56.1. The molecule has 2 aromatic heterocycles. The lowest BCUT2D eigenvalue weighted by atomic mass is 9.88. The Kier molecular flexibility index (Phi) is 16.6. The summed E-state index contributed by atoms with van der Waals surface area (Å²) in [5.41, 5.74) is 6.98. The molecule has 0 radical (unpaired) electrons. The van der Waals surface area contributed by atoms with E-state index in [4.69, 9.17) is 41.2 Å². The number of hydrogen-bond donors (Lipinski definition) is 6. The topological polar surface area (TPSA) is 265 Å². The van der Waals surface area contributed by atoms with Crippen LogP contribution in [0.1, 0.15) is 85.4 Å². The molecule has 6 aromatic rings. The van der Waals surface area contributed by atoms with E-state index in [1.807, 2.05) is 30.9 Å². The molecule has 4 aliphatic heterocycles. The second-order valence-corrected chi connectivity index (χ2v) is 21.0. The molecular weight excluding hydrogens is 1050 g/mol. The predicted octanol–water partition coefficient (Wildman–Crippen LogP) is 7.09. The van der Waals surface area contributed by atoms with Gasteiger partial charge in [-0.25, -0.2) is 4.39 Å². The zero-order chi connectivity index (χ0) is 57.1. The van der Waals surface area contributed by atoms with Crippen molar-refractivity contribution >= 4 is 52.4 Å². The number of fused-ring (bicyclic) bond motifs is 3. The second kappa shape index (κ2) is 23.9. The van der Waals surface area contributed by atoms with Gasteiger partial charge < -0.3 is 56.7 Å². The third kappa shape index (κ3) is 11.7. The number of amides is 2. The number of nitrogens with one attached hydrogen (secondary N) is 3. The van der Waals surface area contributed by atoms with Crippen LogP contribution in [0.4, 0.5) is 29.1 Å². The number of aliphatic hydroxyl groups excluding tert-OH is 1. The molecule has 19 nitrogen and oxygen atoms in total. The van der Waals surface area contributed by atoms with Gasteiger partial charge in [-0.15, -0.1) is 0 Å². The third-order valence-electron chi connectivity index (χ3n) is 15.5. The van der Waals surface area contributed by atoms with Crippen LogP contribution in [0.25, 0.3) is 33.3 Å². The molecule has 23 heteroatoms. The number of hydrogen-bond acceptors (Lipinski definition) is 17. The molecule has 8 N–H and O–H groups in total. The smallest absolute Gasteiger partial charge is 0.417 e. The molecule has 0 saturated carbocycles. The number of benzene rings is 4. The van der Waals surface area contributed by atoms with E-state index in [0.29, 0.717) is 80.9 Å². The van der Waals surface area contributed by atoms with Gasteiger partial charge in [0.15, 0.2) is 5.75 Å². The Labute approximate surface area is 464 Å². The average molecular weight is 1110 g/mol. The molecule has 4 aliphatic rings. The van der Waals surface area contributed by atoms with Crippen molar-refractivity contribution in [1.82, 2.24) is 35.5 Å². The quantitative estimate of drug-likeness (QED) is 0.0165. The molecule has 424 valence electrons. The number of carbonyl (C=O) groups is 2. The molecular formula is C58H63F4N13O6. The molecule has 2 bridgehead atoms.